The van der Waals surface area contributed by atoms with Crippen LogP contribution in [0.3, 0.4) is 0 Å². The molecule has 0 aromatic carbocycles. The molecule has 1 rings (SSSR count). The number of allylic oxidation sites excluding steroid dienone is 2. The third kappa shape index (κ3) is 31.0. The molecule has 0 spiro atoms. The zero-order valence-electron chi connectivity index (χ0n) is 39.4. The number of hydrogen-bond acceptors (Lipinski definition) is 9. The van der Waals surface area contributed by atoms with Gasteiger partial charge in [-0.3, -0.25) is 9.59 Å². The van der Waals surface area contributed by atoms with Crippen molar-refractivity contribution in [2.75, 3.05) is 6.54 Å². The second kappa shape index (κ2) is 40.0. The van der Waals surface area contributed by atoms with Gasteiger partial charge in [0.1, 0.15) is 30.5 Å². The number of amides is 2. The van der Waals surface area contributed by atoms with Gasteiger partial charge in [-0.15, -0.1) is 0 Å². The number of aliphatic hydroxyl groups excluding tert-OH is 5. The van der Waals surface area contributed by atoms with Gasteiger partial charge < -0.3 is 45.6 Å². The lowest BCUT2D eigenvalue weighted by Gasteiger charge is -2.42. The minimum atomic E-state index is -1.71. The van der Waals surface area contributed by atoms with Crippen LogP contribution in [0.1, 0.15) is 239 Å². The van der Waals surface area contributed by atoms with Gasteiger partial charge in [-0.25, -0.2) is 0 Å². The second-order valence-electron chi connectivity index (χ2n) is 18.1. The van der Waals surface area contributed by atoms with Crippen molar-refractivity contribution in [2.24, 2.45) is 0 Å². The number of aliphatic hydroxyl groups is 5. The maximum Gasteiger partial charge on any atom is 0.222 e. The van der Waals surface area contributed by atoms with Crippen LogP contribution in [0.2, 0.25) is 0 Å². The van der Waals surface area contributed by atoms with Crippen LogP contribution in [-0.2, 0) is 19.1 Å². The van der Waals surface area contributed by atoms with Crippen LogP contribution in [0.5, 0.6) is 0 Å². The summed E-state index contributed by atoms with van der Waals surface area (Å²) in [6, 6.07) is 0. The molecule has 1 heterocycles. The van der Waals surface area contributed by atoms with Crippen LogP contribution >= 0.6 is 0 Å². The molecule has 1 aliphatic heterocycles. The summed E-state index contributed by atoms with van der Waals surface area (Å²) >= 11 is 0. The van der Waals surface area contributed by atoms with Gasteiger partial charge in [-0.1, -0.05) is 199 Å². The first kappa shape index (κ1) is 57.4. The Morgan fingerprint density at radius 3 is 1.43 bits per heavy atom. The minimum absolute atomic E-state index is 0.154. The van der Waals surface area contributed by atoms with E-state index in [1.807, 2.05) is 0 Å². The number of ether oxygens (including phenoxy) is 2. The lowest BCUT2D eigenvalue weighted by molar-refractivity contribution is -0.316. The lowest BCUT2D eigenvalue weighted by Crippen LogP contribution is -2.63. The zero-order valence-corrected chi connectivity index (χ0v) is 39.4. The average Bonchev–Trinajstić information content (AvgIpc) is 3.24. The highest BCUT2D eigenvalue weighted by molar-refractivity contribution is 5.76. The number of hydrogen-bond donors (Lipinski definition) is 7. The molecule has 1 fully saturated rings. The van der Waals surface area contributed by atoms with Crippen molar-refractivity contribution in [1.29, 1.82) is 0 Å². The van der Waals surface area contributed by atoms with Crippen LogP contribution in [0.25, 0.3) is 0 Å². The molecule has 360 valence electrons. The Morgan fingerprint density at radius 2 is 0.984 bits per heavy atom. The monoisotopic (exact) mass is 869 g/mol. The normalized spacial score (nSPS) is 20.8. The SMILES string of the molecule is CCCCCCCCC=CCCCCCCCCCCCCCC(=O)N[C@@H](OC1OC(CNC(C)=O)C(O)C(O)C1O)C(O)[C@H](O)CCCCCCCCCCCCCCC. The molecule has 11 nitrogen and oxygen atoms in total. The number of rotatable bonds is 42. The van der Waals surface area contributed by atoms with Crippen LogP contribution in [0, 0.1) is 0 Å². The Balaban J connectivity index is 2.42. The van der Waals surface area contributed by atoms with Gasteiger partial charge in [0.15, 0.2) is 12.5 Å². The van der Waals surface area contributed by atoms with Crippen molar-refractivity contribution < 1.29 is 44.6 Å². The van der Waals surface area contributed by atoms with Gasteiger partial charge in [0.25, 0.3) is 0 Å². The summed E-state index contributed by atoms with van der Waals surface area (Å²) in [5.74, 6) is -0.740. The third-order valence-electron chi connectivity index (χ3n) is 12.3. The van der Waals surface area contributed by atoms with Gasteiger partial charge in [0.05, 0.1) is 6.10 Å². The lowest BCUT2D eigenvalue weighted by atomic mass is 9.98. The predicted molar refractivity (Wildman–Crippen MR) is 248 cm³/mol. The van der Waals surface area contributed by atoms with Crippen molar-refractivity contribution in [3.05, 3.63) is 12.2 Å². The predicted octanol–water partition coefficient (Wildman–Crippen LogP) is 9.97. The third-order valence-corrected chi connectivity index (χ3v) is 12.3. The Morgan fingerprint density at radius 1 is 0.574 bits per heavy atom. The molecular formula is C50H96N2O9. The molecule has 11 heteroatoms. The molecule has 6 unspecified atom stereocenters. The smallest absolute Gasteiger partial charge is 0.222 e. The summed E-state index contributed by atoms with van der Waals surface area (Å²) in [5.41, 5.74) is 0. The molecule has 0 radical (unpaired) electrons. The maximum absolute atomic E-state index is 13.1. The quantitative estimate of drug-likeness (QED) is 0.0179. The van der Waals surface area contributed by atoms with E-state index in [0.717, 1.165) is 38.5 Å². The highest BCUT2D eigenvalue weighted by Gasteiger charge is 2.46. The van der Waals surface area contributed by atoms with Crippen LogP contribution < -0.4 is 10.6 Å². The summed E-state index contributed by atoms with van der Waals surface area (Å²) in [5, 5.41) is 59.2. The standard InChI is InChI=1S/C50H96N2O9/c1-4-6-8-10-12-14-16-18-19-20-21-22-23-24-25-27-29-31-33-35-37-39-44(55)52-49(61-50-48(59)47(58)46(57)43(60-50)40-51-41(3)53)45(56)42(54)38-36-34-32-30-28-26-17-15-13-11-9-7-5-2/h18-19,42-43,45-50,54,56-59H,4-17,20-40H2,1-3H3,(H,51,53)(H,52,55)/t42-,43?,45?,46?,47?,48?,49+,50?/m1/s1. The van der Waals surface area contributed by atoms with E-state index >= 15 is 0 Å². The summed E-state index contributed by atoms with van der Waals surface area (Å²) in [4.78, 5) is 24.6. The zero-order chi connectivity index (χ0) is 44.8. The first-order valence-electron chi connectivity index (χ1n) is 25.5. The van der Waals surface area contributed by atoms with E-state index in [2.05, 4.69) is 36.6 Å². The van der Waals surface area contributed by atoms with E-state index in [9.17, 15) is 35.1 Å². The van der Waals surface area contributed by atoms with Crippen LogP contribution in [-0.4, -0.2) is 93.0 Å². The van der Waals surface area contributed by atoms with Crippen LogP contribution in [0.4, 0.5) is 0 Å². The maximum atomic E-state index is 13.1. The fourth-order valence-corrected chi connectivity index (χ4v) is 8.18. The molecule has 0 aliphatic carbocycles. The molecule has 1 aliphatic rings. The van der Waals surface area contributed by atoms with Crippen molar-refractivity contribution in [3.8, 4) is 0 Å². The van der Waals surface area contributed by atoms with E-state index < -0.39 is 49.1 Å². The molecule has 61 heavy (non-hydrogen) atoms. The Hall–Kier alpha value is -1.60. The van der Waals surface area contributed by atoms with E-state index in [1.54, 1.807) is 0 Å². The largest absolute Gasteiger partial charge is 0.390 e. The topological polar surface area (TPSA) is 178 Å². The van der Waals surface area contributed by atoms with Gasteiger partial charge in [0.2, 0.25) is 11.8 Å². The molecule has 0 aromatic rings. The second-order valence-corrected chi connectivity index (χ2v) is 18.1. The van der Waals surface area contributed by atoms with Gasteiger partial charge in [-0.05, 0) is 38.5 Å². The van der Waals surface area contributed by atoms with Gasteiger partial charge >= 0.3 is 0 Å². The van der Waals surface area contributed by atoms with E-state index in [1.165, 1.54) is 161 Å². The highest BCUT2D eigenvalue weighted by Crippen LogP contribution is 2.25. The summed E-state index contributed by atoms with van der Waals surface area (Å²) in [7, 11) is 0. The number of carbonyl (C=O) groups is 2. The number of unbranched alkanes of at least 4 members (excludes halogenated alkanes) is 29. The van der Waals surface area contributed by atoms with Gasteiger partial charge in [-0.2, -0.15) is 0 Å². The Labute approximate surface area is 373 Å². The van der Waals surface area contributed by atoms with Crippen molar-refractivity contribution >= 4 is 11.8 Å². The molecular weight excluding hydrogens is 773 g/mol. The minimum Gasteiger partial charge on any atom is -0.390 e. The number of carbonyl (C=O) groups excluding carboxylic acids is 2. The first-order chi connectivity index (χ1) is 29.6. The van der Waals surface area contributed by atoms with E-state index in [0.29, 0.717) is 19.3 Å². The summed E-state index contributed by atoms with van der Waals surface area (Å²) in [6.45, 7) is 5.65. The molecule has 7 N–H and O–H groups in total. The van der Waals surface area contributed by atoms with Crippen molar-refractivity contribution in [1.82, 2.24) is 10.6 Å². The first-order valence-corrected chi connectivity index (χ1v) is 25.5. The molecule has 8 atom stereocenters. The summed E-state index contributed by atoms with van der Waals surface area (Å²) < 4.78 is 11.6. The van der Waals surface area contributed by atoms with E-state index in [4.69, 9.17) is 9.47 Å². The van der Waals surface area contributed by atoms with E-state index in [-0.39, 0.29) is 24.8 Å². The van der Waals surface area contributed by atoms with Crippen molar-refractivity contribution in [2.45, 2.75) is 288 Å². The molecule has 1 saturated heterocycles. The molecule has 0 aromatic heterocycles. The fraction of sp³-hybridized carbons (Fsp3) is 0.920. The van der Waals surface area contributed by atoms with Crippen LogP contribution in [0.15, 0.2) is 12.2 Å². The Kier molecular flexibility index (Phi) is 37.6. The molecule has 0 saturated carbocycles. The summed E-state index contributed by atoms with van der Waals surface area (Å²) in [6.07, 6.45) is 32.2. The van der Waals surface area contributed by atoms with Crippen molar-refractivity contribution in [3.63, 3.8) is 0 Å². The average molecular weight is 869 g/mol. The Bertz CT molecular complexity index is 1050. The number of nitrogens with one attached hydrogen (secondary N) is 2. The molecule has 0 bridgehead atoms. The fourth-order valence-electron chi connectivity index (χ4n) is 8.18. The van der Waals surface area contributed by atoms with Gasteiger partial charge in [0, 0.05) is 19.9 Å². The highest BCUT2D eigenvalue weighted by atomic mass is 16.7. The molecule has 2 amide bonds.